The van der Waals surface area contributed by atoms with Crippen molar-refractivity contribution < 1.29 is 15.0 Å². The van der Waals surface area contributed by atoms with E-state index in [1.165, 1.54) is 18.9 Å². The van der Waals surface area contributed by atoms with E-state index in [1.807, 2.05) is 19.1 Å². The second-order valence-electron chi connectivity index (χ2n) is 6.99. The molecule has 3 nitrogen and oxygen atoms in total. The van der Waals surface area contributed by atoms with Crippen molar-refractivity contribution in [1.82, 2.24) is 0 Å². The van der Waals surface area contributed by atoms with Crippen LogP contribution in [0.4, 0.5) is 0 Å². The second-order valence-corrected chi connectivity index (χ2v) is 6.99. The van der Waals surface area contributed by atoms with Crippen molar-refractivity contribution in [3.8, 4) is 0 Å². The highest BCUT2D eigenvalue weighted by Crippen LogP contribution is 2.49. The Morgan fingerprint density at radius 1 is 1.29 bits per heavy atom. The van der Waals surface area contributed by atoms with E-state index in [0.717, 1.165) is 12.0 Å². The molecule has 0 radical (unpaired) electrons. The van der Waals surface area contributed by atoms with Gasteiger partial charge < -0.3 is 10.2 Å². The maximum Gasteiger partial charge on any atom is 0.328 e. The standard InChI is InChI=1S/C18H26O3/c1-12-10-13(2)17-14(11-12)8-9-18(3,21)15(17)6-4-5-7-16(19)20/h4-9,12-15,17,21H,10-11H2,1-3H3,(H,19,20). The van der Waals surface area contributed by atoms with E-state index < -0.39 is 11.6 Å². The van der Waals surface area contributed by atoms with Crippen LogP contribution >= 0.6 is 0 Å². The first kappa shape index (κ1) is 16.0. The number of aliphatic carboxylic acids is 1. The third kappa shape index (κ3) is 3.65. The van der Waals surface area contributed by atoms with Gasteiger partial charge in [0, 0.05) is 12.0 Å². The third-order valence-electron chi connectivity index (χ3n) is 5.04. The summed E-state index contributed by atoms with van der Waals surface area (Å²) in [5.41, 5.74) is -0.858. The topological polar surface area (TPSA) is 57.5 Å². The fourth-order valence-electron chi connectivity index (χ4n) is 4.22. The van der Waals surface area contributed by atoms with Crippen molar-refractivity contribution in [2.75, 3.05) is 0 Å². The average Bonchev–Trinajstić information content (AvgIpc) is 2.36. The van der Waals surface area contributed by atoms with Gasteiger partial charge in [-0.1, -0.05) is 44.2 Å². The predicted molar refractivity (Wildman–Crippen MR) is 83.7 cm³/mol. The molecule has 6 atom stereocenters. The van der Waals surface area contributed by atoms with Crippen LogP contribution in [0.15, 0.2) is 36.5 Å². The van der Waals surface area contributed by atoms with Crippen molar-refractivity contribution >= 4 is 5.97 Å². The van der Waals surface area contributed by atoms with E-state index in [-0.39, 0.29) is 5.92 Å². The molecule has 0 aromatic rings. The van der Waals surface area contributed by atoms with Crippen LogP contribution in [-0.4, -0.2) is 21.8 Å². The minimum atomic E-state index is -0.951. The molecule has 0 spiro atoms. The highest BCUT2D eigenvalue weighted by molar-refractivity contribution is 5.80. The van der Waals surface area contributed by atoms with E-state index in [4.69, 9.17) is 5.11 Å². The molecule has 0 aliphatic heterocycles. The minimum Gasteiger partial charge on any atom is -0.478 e. The molecule has 116 valence electrons. The average molecular weight is 290 g/mol. The molecule has 1 fully saturated rings. The van der Waals surface area contributed by atoms with Crippen LogP contribution in [-0.2, 0) is 4.79 Å². The Kier molecular flexibility index (Phi) is 4.72. The Morgan fingerprint density at radius 2 is 2.00 bits per heavy atom. The molecule has 2 N–H and O–H groups in total. The van der Waals surface area contributed by atoms with Gasteiger partial charge in [-0.2, -0.15) is 0 Å². The zero-order chi connectivity index (χ0) is 15.6. The van der Waals surface area contributed by atoms with Crippen LogP contribution in [0.3, 0.4) is 0 Å². The van der Waals surface area contributed by atoms with Gasteiger partial charge in [-0.05, 0) is 43.4 Å². The van der Waals surface area contributed by atoms with Crippen LogP contribution < -0.4 is 0 Å². The largest absolute Gasteiger partial charge is 0.478 e. The molecule has 21 heavy (non-hydrogen) atoms. The van der Waals surface area contributed by atoms with Gasteiger partial charge in [-0.3, -0.25) is 0 Å². The smallest absolute Gasteiger partial charge is 0.328 e. The monoisotopic (exact) mass is 290 g/mol. The van der Waals surface area contributed by atoms with E-state index in [0.29, 0.717) is 17.8 Å². The third-order valence-corrected chi connectivity index (χ3v) is 5.04. The van der Waals surface area contributed by atoms with E-state index in [1.54, 1.807) is 6.08 Å². The summed E-state index contributed by atoms with van der Waals surface area (Å²) >= 11 is 0. The highest BCUT2D eigenvalue weighted by atomic mass is 16.4. The van der Waals surface area contributed by atoms with Gasteiger partial charge in [0.1, 0.15) is 0 Å². The zero-order valence-electron chi connectivity index (χ0n) is 13.1. The maximum atomic E-state index is 10.7. The minimum absolute atomic E-state index is 0.0356. The molecule has 0 bridgehead atoms. The lowest BCUT2D eigenvalue weighted by Gasteiger charge is -2.48. The number of aliphatic hydroxyl groups is 1. The molecule has 0 aromatic heterocycles. The van der Waals surface area contributed by atoms with Crippen molar-refractivity contribution in [3.05, 3.63) is 36.5 Å². The lowest BCUT2D eigenvalue weighted by Crippen LogP contribution is -2.47. The van der Waals surface area contributed by atoms with Gasteiger partial charge in [-0.15, -0.1) is 0 Å². The van der Waals surface area contributed by atoms with Crippen molar-refractivity contribution in [1.29, 1.82) is 0 Å². The summed E-state index contributed by atoms with van der Waals surface area (Å²) in [6.07, 6.45) is 12.9. The Labute approximate surface area is 127 Å². The first-order chi connectivity index (χ1) is 9.81. The summed E-state index contributed by atoms with van der Waals surface area (Å²) in [5.74, 6) is 1.32. The Balaban J connectivity index is 2.23. The van der Waals surface area contributed by atoms with Gasteiger partial charge in [0.2, 0.25) is 0 Å². The second kappa shape index (κ2) is 6.18. The Bertz CT molecular complexity index is 473. The van der Waals surface area contributed by atoms with E-state index >= 15 is 0 Å². The lowest BCUT2D eigenvalue weighted by atomic mass is 9.58. The highest BCUT2D eigenvalue weighted by Gasteiger charge is 2.45. The van der Waals surface area contributed by atoms with Crippen LogP contribution in [0.5, 0.6) is 0 Å². The van der Waals surface area contributed by atoms with Gasteiger partial charge in [0.25, 0.3) is 0 Å². The van der Waals surface area contributed by atoms with Crippen LogP contribution in [0.25, 0.3) is 0 Å². The molecular weight excluding hydrogens is 264 g/mol. The molecule has 0 saturated heterocycles. The van der Waals surface area contributed by atoms with Gasteiger partial charge in [0.05, 0.1) is 5.60 Å². The number of hydrogen-bond donors (Lipinski definition) is 2. The fraction of sp³-hybridized carbons (Fsp3) is 0.611. The van der Waals surface area contributed by atoms with Gasteiger partial charge in [-0.25, -0.2) is 4.79 Å². The van der Waals surface area contributed by atoms with Gasteiger partial charge in [0.15, 0.2) is 0 Å². The number of rotatable bonds is 3. The van der Waals surface area contributed by atoms with Crippen LogP contribution in [0.2, 0.25) is 0 Å². The molecule has 2 aliphatic rings. The summed E-state index contributed by atoms with van der Waals surface area (Å²) in [6, 6.07) is 0. The Morgan fingerprint density at radius 3 is 2.67 bits per heavy atom. The first-order valence-corrected chi connectivity index (χ1v) is 7.81. The number of carboxylic acid groups (broad SMARTS) is 1. The van der Waals surface area contributed by atoms with E-state index in [9.17, 15) is 9.90 Å². The number of fused-ring (bicyclic) bond motifs is 1. The zero-order valence-corrected chi connectivity index (χ0v) is 13.1. The maximum absolute atomic E-state index is 10.7. The number of carbonyl (C=O) groups is 1. The van der Waals surface area contributed by atoms with Crippen LogP contribution in [0.1, 0.15) is 33.6 Å². The van der Waals surface area contributed by atoms with Crippen molar-refractivity contribution in [2.24, 2.45) is 29.6 Å². The SMILES string of the molecule is CC1CC(C)C2C(C=CC(C)(O)C2C=CC=CC(=O)O)C1. The number of carboxylic acids is 1. The summed E-state index contributed by atoms with van der Waals surface area (Å²) in [7, 11) is 0. The molecule has 2 aliphatic carbocycles. The van der Waals surface area contributed by atoms with Crippen LogP contribution in [0, 0.1) is 29.6 Å². The summed E-state index contributed by atoms with van der Waals surface area (Å²) in [6.45, 7) is 6.42. The molecule has 0 amide bonds. The normalized spacial score (nSPS) is 43.3. The predicted octanol–water partition coefficient (Wildman–Crippen LogP) is 3.42. The molecule has 2 rings (SSSR count). The van der Waals surface area contributed by atoms with Gasteiger partial charge >= 0.3 is 5.97 Å². The molecule has 1 saturated carbocycles. The summed E-state index contributed by atoms with van der Waals surface area (Å²) in [5, 5.41) is 19.3. The lowest BCUT2D eigenvalue weighted by molar-refractivity contribution is -0.131. The summed E-state index contributed by atoms with van der Waals surface area (Å²) in [4.78, 5) is 10.5. The molecule has 0 aromatic carbocycles. The van der Waals surface area contributed by atoms with Crippen molar-refractivity contribution in [3.63, 3.8) is 0 Å². The van der Waals surface area contributed by atoms with Crippen molar-refractivity contribution in [2.45, 2.75) is 39.2 Å². The summed E-state index contributed by atoms with van der Waals surface area (Å²) < 4.78 is 0. The molecule has 3 heteroatoms. The first-order valence-electron chi connectivity index (χ1n) is 7.81. The molecule has 6 unspecified atom stereocenters. The number of hydrogen-bond acceptors (Lipinski definition) is 2. The fourth-order valence-corrected chi connectivity index (χ4v) is 4.22. The Hall–Kier alpha value is -1.35. The number of allylic oxidation sites excluding steroid dienone is 3. The molecule has 0 heterocycles. The van der Waals surface area contributed by atoms with E-state index in [2.05, 4.69) is 19.9 Å². The molecular formula is C18H26O3. The quantitative estimate of drug-likeness (QED) is 0.476.